The molecule has 0 aromatic heterocycles. The van der Waals surface area contributed by atoms with Crippen LogP contribution < -0.4 is 4.90 Å². The van der Waals surface area contributed by atoms with Crippen LogP contribution in [0.2, 0.25) is 0 Å². The zero-order chi connectivity index (χ0) is 20.6. The van der Waals surface area contributed by atoms with E-state index in [1.54, 1.807) is 16.7 Å². The van der Waals surface area contributed by atoms with Crippen LogP contribution in [0.15, 0.2) is 58.3 Å². The summed E-state index contributed by atoms with van der Waals surface area (Å²) in [7, 11) is 0. The van der Waals surface area contributed by atoms with E-state index in [0.717, 1.165) is 11.4 Å². The molecule has 0 saturated carbocycles. The van der Waals surface area contributed by atoms with Crippen LogP contribution in [0.3, 0.4) is 0 Å². The van der Waals surface area contributed by atoms with Crippen molar-refractivity contribution >= 4 is 23.1 Å². The summed E-state index contributed by atoms with van der Waals surface area (Å²) in [6.07, 6.45) is 0.341. The van der Waals surface area contributed by atoms with Crippen molar-refractivity contribution in [3.05, 3.63) is 48.5 Å². The minimum Gasteiger partial charge on any atom is -0.340 e. The lowest BCUT2D eigenvalue weighted by atomic mass is 10.2. The van der Waals surface area contributed by atoms with Crippen molar-refractivity contribution < 1.29 is 6.85 Å². The monoisotopic (exact) mass is 344 g/mol. The van der Waals surface area contributed by atoms with E-state index in [1.807, 2.05) is 24.3 Å². The van der Waals surface area contributed by atoms with Crippen LogP contribution in [0, 0.1) is 0 Å². The van der Waals surface area contributed by atoms with Crippen LogP contribution in [0.25, 0.3) is 0 Å². The van der Waals surface area contributed by atoms with Crippen molar-refractivity contribution in [1.29, 1.82) is 0 Å². The molecule has 0 aliphatic carbocycles. The molecule has 0 amide bonds. The number of anilines is 2. The maximum Gasteiger partial charge on any atom is 0.0552 e. The predicted octanol–water partition coefficient (Wildman–Crippen LogP) is 3.93. The van der Waals surface area contributed by atoms with Gasteiger partial charge in [0.05, 0.1) is 11.4 Å². The molecule has 0 unspecified atom stereocenters. The van der Waals surface area contributed by atoms with E-state index < -0.39 is 13.5 Å². The van der Waals surface area contributed by atoms with E-state index in [4.69, 9.17) is 6.85 Å². The first kappa shape index (κ1) is 11.2. The second kappa shape index (κ2) is 7.18. The third kappa shape index (κ3) is 3.32. The Balaban J connectivity index is 1.48. The number of likely N-dealkylation sites (N-methyl/N-ethyl adjacent to an activating group) is 1. The summed E-state index contributed by atoms with van der Waals surface area (Å²) in [5.74, 6) is 0. The largest absolute Gasteiger partial charge is 0.340 e. The summed E-state index contributed by atoms with van der Waals surface area (Å²) in [5.41, 5.74) is 2.22. The van der Waals surface area contributed by atoms with E-state index in [0.29, 0.717) is 39.1 Å². The van der Waals surface area contributed by atoms with Gasteiger partial charge in [-0.3, -0.25) is 0 Å². The Bertz CT molecular complexity index is 820. The molecule has 4 heteroatoms. The summed E-state index contributed by atoms with van der Waals surface area (Å²) in [6, 6.07) is 16.5. The lowest BCUT2D eigenvalue weighted by Gasteiger charge is -2.35. The third-order valence-electron chi connectivity index (χ3n) is 4.48. The molecule has 2 aliphatic heterocycles. The number of nitrogens with zero attached hydrogens (tertiary/aromatic N) is 3. The molecule has 0 radical (unpaired) electrons. The van der Waals surface area contributed by atoms with Gasteiger partial charge in [0, 0.05) is 49.4 Å². The molecule has 0 atom stereocenters. The SMILES string of the molecule is [2H]C([2H])([2H])N1CCN(C([2H])([2H])CCN2c3ccccc3Sc3ccccc32)CC1. The molecule has 1 fully saturated rings. The third-order valence-corrected chi connectivity index (χ3v) is 5.61. The minimum atomic E-state index is -2.10. The fraction of sp³-hybridized carbons (Fsp3) is 0.400. The number of rotatable bonds is 4. The maximum atomic E-state index is 8.63. The molecule has 4 rings (SSSR count). The molecule has 2 aliphatic rings. The molecule has 2 aromatic carbocycles. The average molecular weight is 345 g/mol. The minimum absolute atomic E-state index is 0.341. The molecular weight excluding hydrogens is 314 g/mol. The number of para-hydroxylation sites is 2. The molecule has 2 aromatic rings. The fourth-order valence-corrected chi connectivity index (χ4v) is 4.30. The number of benzene rings is 2. The Morgan fingerprint density at radius 1 is 0.958 bits per heavy atom. The molecule has 0 spiro atoms. The second-order valence-electron chi connectivity index (χ2n) is 6.07. The zero-order valence-corrected chi connectivity index (χ0v) is 14.4. The van der Waals surface area contributed by atoms with Gasteiger partial charge in [-0.15, -0.1) is 0 Å². The Hall–Kier alpha value is -1.49. The number of hydrogen-bond donors (Lipinski definition) is 0. The van der Waals surface area contributed by atoms with Gasteiger partial charge in [0.2, 0.25) is 0 Å². The standard InChI is InChI=1S/C20H25N3S/c1-21-13-15-22(16-14-21)11-6-12-23-17-7-2-4-9-19(17)24-20-10-5-3-8-18(20)23/h2-5,7-10H,6,11-16H2,1H3/i1D3,11D2. The van der Waals surface area contributed by atoms with E-state index in [-0.39, 0.29) is 0 Å². The Morgan fingerprint density at radius 2 is 1.58 bits per heavy atom. The van der Waals surface area contributed by atoms with Gasteiger partial charge in [-0.2, -0.15) is 0 Å². The fourth-order valence-electron chi connectivity index (χ4n) is 3.21. The van der Waals surface area contributed by atoms with Gasteiger partial charge >= 0.3 is 0 Å². The summed E-state index contributed by atoms with van der Waals surface area (Å²) >= 11 is 1.75. The molecule has 0 bridgehead atoms. The first-order chi connectivity index (χ1) is 13.8. The van der Waals surface area contributed by atoms with Gasteiger partial charge < -0.3 is 14.7 Å². The topological polar surface area (TPSA) is 9.72 Å². The first-order valence-electron chi connectivity index (χ1n) is 10.9. The van der Waals surface area contributed by atoms with Gasteiger partial charge in [-0.05, 0) is 44.2 Å². The molecule has 24 heavy (non-hydrogen) atoms. The molecule has 1 saturated heterocycles. The average Bonchev–Trinajstić information content (AvgIpc) is 2.70. The molecule has 3 nitrogen and oxygen atoms in total. The quantitative estimate of drug-likeness (QED) is 0.831. The second-order valence-corrected chi connectivity index (χ2v) is 7.16. The Labute approximate surface area is 156 Å². The lowest BCUT2D eigenvalue weighted by molar-refractivity contribution is 0.153. The van der Waals surface area contributed by atoms with Crippen molar-refractivity contribution in [2.75, 3.05) is 51.1 Å². The summed E-state index contributed by atoms with van der Waals surface area (Å²) < 4.78 is 39.9. The van der Waals surface area contributed by atoms with Crippen molar-refractivity contribution in [2.24, 2.45) is 0 Å². The number of piperazine rings is 1. The van der Waals surface area contributed by atoms with E-state index in [1.165, 1.54) is 14.7 Å². The molecular formula is C20H25N3S. The lowest BCUT2D eigenvalue weighted by Crippen LogP contribution is -2.45. The van der Waals surface area contributed by atoms with Crippen molar-refractivity contribution in [3.8, 4) is 0 Å². The predicted molar refractivity (Wildman–Crippen MR) is 103 cm³/mol. The van der Waals surface area contributed by atoms with Crippen LogP contribution in [0.1, 0.15) is 13.3 Å². The van der Waals surface area contributed by atoms with Crippen LogP contribution >= 0.6 is 11.8 Å². The molecule has 126 valence electrons. The van der Waals surface area contributed by atoms with E-state index in [9.17, 15) is 0 Å². The summed E-state index contributed by atoms with van der Waals surface area (Å²) in [5, 5.41) is 0. The van der Waals surface area contributed by atoms with Gasteiger partial charge in [0.1, 0.15) is 0 Å². The maximum absolute atomic E-state index is 8.63. The van der Waals surface area contributed by atoms with Crippen LogP contribution in [0.5, 0.6) is 0 Å². The zero-order valence-electron chi connectivity index (χ0n) is 18.6. The normalized spacial score (nSPS) is 22.5. The van der Waals surface area contributed by atoms with Gasteiger partial charge in [0.15, 0.2) is 0 Å². The Morgan fingerprint density at radius 3 is 2.21 bits per heavy atom. The van der Waals surface area contributed by atoms with E-state index >= 15 is 0 Å². The van der Waals surface area contributed by atoms with Gasteiger partial charge in [-0.1, -0.05) is 36.0 Å². The van der Waals surface area contributed by atoms with E-state index in [2.05, 4.69) is 29.2 Å². The van der Waals surface area contributed by atoms with Crippen LogP contribution in [-0.2, 0) is 0 Å². The summed E-state index contributed by atoms with van der Waals surface area (Å²) in [6.45, 7) is -1.46. The highest BCUT2D eigenvalue weighted by molar-refractivity contribution is 7.99. The molecule has 0 N–H and O–H groups in total. The van der Waals surface area contributed by atoms with Crippen LogP contribution in [0.4, 0.5) is 11.4 Å². The van der Waals surface area contributed by atoms with Crippen LogP contribution in [-0.4, -0.2) is 56.0 Å². The van der Waals surface area contributed by atoms with Gasteiger partial charge in [0.25, 0.3) is 0 Å². The highest BCUT2D eigenvalue weighted by atomic mass is 32.2. The van der Waals surface area contributed by atoms with Crippen molar-refractivity contribution in [2.45, 2.75) is 16.2 Å². The van der Waals surface area contributed by atoms with Crippen molar-refractivity contribution in [1.82, 2.24) is 9.80 Å². The smallest absolute Gasteiger partial charge is 0.0552 e. The number of fused-ring (bicyclic) bond motifs is 2. The van der Waals surface area contributed by atoms with Crippen molar-refractivity contribution in [3.63, 3.8) is 0 Å². The highest BCUT2D eigenvalue weighted by Crippen LogP contribution is 2.47. The summed E-state index contributed by atoms with van der Waals surface area (Å²) in [4.78, 5) is 7.80. The van der Waals surface area contributed by atoms with Gasteiger partial charge in [-0.25, -0.2) is 0 Å². The first-order valence-corrected chi connectivity index (χ1v) is 9.21. The number of hydrogen-bond acceptors (Lipinski definition) is 4. The highest BCUT2D eigenvalue weighted by Gasteiger charge is 2.22. The Kier molecular flexibility index (Phi) is 3.35. The molecule has 2 heterocycles.